The molecule has 0 N–H and O–H groups in total. The van der Waals surface area contributed by atoms with E-state index in [0.717, 1.165) is 12.1 Å². The molecule has 0 unspecified atom stereocenters. The summed E-state index contributed by atoms with van der Waals surface area (Å²) in [6, 6.07) is 3.40. The van der Waals surface area contributed by atoms with Gasteiger partial charge in [-0.3, -0.25) is 0 Å². The maximum Gasteiger partial charge on any atom is 0.330 e. The lowest BCUT2D eigenvalue weighted by Gasteiger charge is -2.03. The summed E-state index contributed by atoms with van der Waals surface area (Å²) >= 11 is 0. The van der Waals surface area contributed by atoms with Crippen LogP contribution in [0.1, 0.15) is 19.4 Å². The van der Waals surface area contributed by atoms with Crippen LogP contribution in [0.3, 0.4) is 0 Å². The van der Waals surface area contributed by atoms with Crippen molar-refractivity contribution in [1.82, 2.24) is 0 Å². The van der Waals surface area contributed by atoms with Gasteiger partial charge in [0, 0.05) is 6.08 Å². The smallest absolute Gasteiger partial charge is 0.330 e. The molecule has 0 saturated heterocycles. The van der Waals surface area contributed by atoms with E-state index >= 15 is 0 Å². The molecule has 2 nitrogen and oxygen atoms in total. The summed E-state index contributed by atoms with van der Waals surface area (Å²) in [5, 5.41) is 0. The fourth-order valence-electron chi connectivity index (χ4n) is 1.08. The van der Waals surface area contributed by atoms with E-state index in [-0.39, 0.29) is 5.92 Å². The molecule has 0 aliphatic carbocycles. The lowest BCUT2D eigenvalue weighted by atomic mass is 10.2. The molecule has 1 aromatic carbocycles. The summed E-state index contributed by atoms with van der Waals surface area (Å²) in [7, 11) is 0. The topological polar surface area (TPSA) is 26.3 Å². The second-order valence-electron chi connectivity index (χ2n) is 4.03. The summed E-state index contributed by atoms with van der Waals surface area (Å²) in [6.07, 6.45) is 2.57. The molecule has 0 spiro atoms. The lowest BCUT2D eigenvalue weighted by molar-refractivity contribution is -0.138. The van der Waals surface area contributed by atoms with Crippen LogP contribution in [0.4, 0.5) is 8.78 Å². The van der Waals surface area contributed by atoms with Gasteiger partial charge in [0.25, 0.3) is 0 Å². The van der Waals surface area contributed by atoms with Crippen LogP contribution in [0.25, 0.3) is 6.08 Å². The minimum Gasteiger partial charge on any atom is -0.462 e. The van der Waals surface area contributed by atoms with Crippen molar-refractivity contribution in [3.8, 4) is 0 Å². The molecule has 0 fully saturated rings. The van der Waals surface area contributed by atoms with Crippen LogP contribution in [0, 0.1) is 17.6 Å². The molecule has 0 atom stereocenters. The molecular weight excluding hydrogens is 226 g/mol. The standard InChI is InChI=1S/C13H14F2O2/c1-9(2)8-17-13(16)6-4-10-3-5-11(14)12(15)7-10/h3-7,9H,8H2,1-2H3/b6-4+. The summed E-state index contributed by atoms with van der Waals surface area (Å²) in [5.74, 6) is -2.09. The average Bonchev–Trinajstić information content (AvgIpc) is 2.28. The fraction of sp³-hybridized carbons (Fsp3) is 0.308. The summed E-state index contributed by atoms with van der Waals surface area (Å²) < 4.78 is 30.3. The second kappa shape index (κ2) is 6.13. The van der Waals surface area contributed by atoms with Crippen LogP contribution in [0.2, 0.25) is 0 Å². The van der Waals surface area contributed by atoms with Gasteiger partial charge in [-0.25, -0.2) is 13.6 Å². The number of hydrogen-bond acceptors (Lipinski definition) is 2. The van der Waals surface area contributed by atoms with Gasteiger partial charge in [0.2, 0.25) is 0 Å². The highest BCUT2D eigenvalue weighted by atomic mass is 19.2. The Labute approximate surface area is 98.9 Å². The quantitative estimate of drug-likeness (QED) is 0.597. The number of benzene rings is 1. The van der Waals surface area contributed by atoms with Gasteiger partial charge >= 0.3 is 5.97 Å². The van der Waals surface area contributed by atoms with Crippen molar-refractivity contribution < 1.29 is 18.3 Å². The molecule has 92 valence electrons. The monoisotopic (exact) mass is 240 g/mol. The van der Waals surface area contributed by atoms with Crippen molar-refractivity contribution >= 4 is 12.0 Å². The van der Waals surface area contributed by atoms with Crippen LogP contribution in [0.5, 0.6) is 0 Å². The Morgan fingerprint density at radius 1 is 1.35 bits per heavy atom. The molecule has 0 aliphatic rings. The molecular formula is C13H14F2O2. The van der Waals surface area contributed by atoms with E-state index in [2.05, 4.69) is 0 Å². The Hall–Kier alpha value is -1.71. The summed E-state index contributed by atoms with van der Waals surface area (Å²) in [5.41, 5.74) is 0.408. The zero-order valence-corrected chi connectivity index (χ0v) is 9.74. The highest BCUT2D eigenvalue weighted by Gasteiger charge is 2.02. The van der Waals surface area contributed by atoms with Crippen LogP contribution in [0.15, 0.2) is 24.3 Å². The van der Waals surface area contributed by atoms with E-state index in [1.807, 2.05) is 13.8 Å². The number of halogens is 2. The highest BCUT2D eigenvalue weighted by Crippen LogP contribution is 2.10. The SMILES string of the molecule is CC(C)COC(=O)/C=C/c1ccc(F)c(F)c1. The molecule has 0 heterocycles. The van der Waals surface area contributed by atoms with E-state index in [4.69, 9.17) is 4.74 Å². The Morgan fingerprint density at radius 3 is 2.65 bits per heavy atom. The fourth-order valence-corrected chi connectivity index (χ4v) is 1.08. The maximum absolute atomic E-state index is 12.8. The van der Waals surface area contributed by atoms with Gasteiger partial charge in [-0.1, -0.05) is 19.9 Å². The molecule has 0 aromatic heterocycles. The van der Waals surface area contributed by atoms with Crippen molar-refractivity contribution in [2.45, 2.75) is 13.8 Å². The number of carbonyl (C=O) groups excluding carboxylic acids is 1. The minimum atomic E-state index is -0.942. The van der Waals surface area contributed by atoms with Crippen LogP contribution in [-0.4, -0.2) is 12.6 Å². The summed E-state index contributed by atoms with van der Waals surface area (Å²) in [4.78, 5) is 11.2. The average molecular weight is 240 g/mol. The summed E-state index contributed by atoms with van der Waals surface area (Å²) in [6.45, 7) is 4.18. The molecule has 0 amide bonds. The first-order valence-electron chi connectivity index (χ1n) is 5.29. The van der Waals surface area contributed by atoms with Crippen molar-refractivity contribution in [3.05, 3.63) is 41.5 Å². The minimum absolute atomic E-state index is 0.260. The van der Waals surface area contributed by atoms with Crippen molar-refractivity contribution in [2.24, 2.45) is 5.92 Å². The third kappa shape index (κ3) is 4.76. The molecule has 1 rings (SSSR count). The van der Waals surface area contributed by atoms with Gasteiger partial charge < -0.3 is 4.74 Å². The number of esters is 1. The van der Waals surface area contributed by atoms with Gasteiger partial charge in [-0.05, 0) is 29.7 Å². The zero-order chi connectivity index (χ0) is 12.8. The zero-order valence-electron chi connectivity index (χ0n) is 9.74. The maximum atomic E-state index is 12.8. The molecule has 17 heavy (non-hydrogen) atoms. The Balaban J connectivity index is 2.58. The third-order valence-corrected chi connectivity index (χ3v) is 1.91. The van der Waals surface area contributed by atoms with Gasteiger partial charge in [0.15, 0.2) is 11.6 Å². The Kier molecular flexibility index (Phi) is 4.82. The number of hydrogen-bond donors (Lipinski definition) is 0. The Bertz CT molecular complexity index is 425. The molecule has 0 saturated carbocycles. The largest absolute Gasteiger partial charge is 0.462 e. The van der Waals surface area contributed by atoms with Crippen LogP contribution in [-0.2, 0) is 9.53 Å². The van der Waals surface area contributed by atoms with Gasteiger partial charge in [0.1, 0.15) is 0 Å². The van der Waals surface area contributed by atoms with E-state index in [9.17, 15) is 13.6 Å². The van der Waals surface area contributed by atoms with Crippen LogP contribution >= 0.6 is 0 Å². The van der Waals surface area contributed by atoms with Gasteiger partial charge in [-0.15, -0.1) is 0 Å². The predicted molar refractivity (Wildman–Crippen MR) is 61.2 cm³/mol. The van der Waals surface area contributed by atoms with Crippen molar-refractivity contribution in [1.29, 1.82) is 0 Å². The first kappa shape index (κ1) is 13.4. The van der Waals surface area contributed by atoms with Crippen LogP contribution < -0.4 is 0 Å². The number of ether oxygens (including phenoxy) is 1. The molecule has 0 bridgehead atoms. The number of carbonyl (C=O) groups is 1. The lowest BCUT2D eigenvalue weighted by Crippen LogP contribution is -2.06. The van der Waals surface area contributed by atoms with E-state index in [0.29, 0.717) is 12.2 Å². The van der Waals surface area contributed by atoms with Gasteiger partial charge in [-0.2, -0.15) is 0 Å². The molecule has 0 aliphatic heterocycles. The number of rotatable bonds is 4. The first-order chi connectivity index (χ1) is 7.99. The van der Waals surface area contributed by atoms with Crippen molar-refractivity contribution in [3.63, 3.8) is 0 Å². The third-order valence-electron chi connectivity index (χ3n) is 1.91. The first-order valence-corrected chi connectivity index (χ1v) is 5.29. The highest BCUT2D eigenvalue weighted by molar-refractivity contribution is 5.87. The second-order valence-corrected chi connectivity index (χ2v) is 4.03. The molecule has 1 aromatic rings. The van der Waals surface area contributed by atoms with E-state index in [1.54, 1.807) is 0 Å². The molecule has 0 radical (unpaired) electrons. The predicted octanol–water partition coefficient (Wildman–Crippen LogP) is 3.18. The normalized spacial score (nSPS) is 11.1. The van der Waals surface area contributed by atoms with E-state index < -0.39 is 17.6 Å². The molecule has 4 heteroatoms. The van der Waals surface area contributed by atoms with E-state index in [1.165, 1.54) is 18.2 Å². The Morgan fingerprint density at radius 2 is 2.06 bits per heavy atom. The van der Waals surface area contributed by atoms with Gasteiger partial charge in [0.05, 0.1) is 6.61 Å². The van der Waals surface area contributed by atoms with Crippen molar-refractivity contribution in [2.75, 3.05) is 6.61 Å².